The van der Waals surface area contributed by atoms with E-state index in [9.17, 15) is 10.1 Å². The van der Waals surface area contributed by atoms with Crippen molar-refractivity contribution in [1.29, 1.82) is 0 Å². The van der Waals surface area contributed by atoms with Crippen LogP contribution in [0.3, 0.4) is 0 Å². The van der Waals surface area contributed by atoms with Crippen molar-refractivity contribution in [1.82, 2.24) is 0 Å². The molecular weight excluding hydrogens is 346 g/mol. The van der Waals surface area contributed by atoms with E-state index in [4.69, 9.17) is 0 Å². The molecule has 0 spiro atoms. The van der Waals surface area contributed by atoms with Crippen LogP contribution in [0.2, 0.25) is 0 Å². The van der Waals surface area contributed by atoms with Gasteiger partial charge in [-0.1, -0.05) is 34.1 Å². The van der Waals surface area contributed by atoms with E-state index in [2.05, 4.69) is 26.1 Å². The molecule has 1 N–H and O–H groups in total. The molecule has 3 rings (SSSR count). The average molecular weight is 362 g/mol. The Morgan fingerprint density at radius 3 is 2.73 bits per heavy atom. The Morgan fingerprint density at radius 1 is 1.23 bits per heavy atom. The fraction of sp³-hybridized carbons (Fsp3) is 0.250. The van der Waals surface area contributed by atoms with Gasteiger partial charge in [0.1, 0.15) is 5.69 Å². The lowest BCUT2D eigenvalue weighted by Gasteiger charge is -2.19. The molecule has 1 heterocycles. The second-order valence-corrected chi connectivity index (χ2v) is 6.25. The molecule has 114 valence electrons. The van der Waals surface area contributed by atoms with Crippen LogP contribution in [0.5, 0.6) is 0 Å². The third-order valence-electron chi connectivity index (χ3n) is 3.81. The van der Waals surface area contributed by atoms with Crippen molar-refractivity contribution in [2.45, 2.75) is 12.5 Å². The molecule has 1 saturated heterocycles. The predicted molar refractivity (Wildman–Crippen MR) is 91.5 cm³/mol. The second kappa shape index (κ2) is 6.36. The number of anilines is 2. The van der Waals surface area contributed by atoms with Gasteiger partial charge >= 0.3 is 0 Å². The largest absolute Gasteiger partial charge is 0.380 e. The maximum atomic E-state index is 11.2. The smallest absolute Gasteiger partial charge is 0.293 e. The van der Waals surface area contributed by atoms with Crippen LogP contribution in [-0.4, -0.2) is 24.1 Å². The van der Waals surface area contributed by atoms with E-state index >= 15 is 0 Å². The summed E-state index contributed by atoms with van der Waals surface area (Å²) in [6.07, 6.45) is 0.960. The zero-order valence-corrected chi connectivity index (χ0v) is 13.5. The summed E-state index contributed by atoms with van der Waals surface area (Å²) in [6.45, 7) is 1.57. The van der Waals surface area contributed by atoms with Crippen LogP contribution >= 0.6 is 15.9 Å². The highest BCUT2D eigenvalue weighted by atomic mass is 79.9. The summed E-state index contributed by atoms with van der Waals surface area (Å²) in [5, 5.41) is 14.7. The van der Waals surface area contributed by atoms with Crippen LogP contribution in [0, 0.1) is 10.1 Å². The number of nitrogens with zero attached hydrogens (tertiary/aromatic N) is 2. The molecule has 1 fully saturated rings. The van der Waals surface area contributed by atoms with Crippen molar-refractivity contribution in [2.24, 2.45) is 0 Å². The molecule has 2 aromatic rings. The Kier molecular flexibility index (Phi) is 4.29. The number of benzene rings is 2. The average Bonchev–Trinajstić information content (AvgIpc) is 2.96. The molecule has 1 atom stereocenters. The molecule has 5 nitrogen and oxygen atoms in total. The van der Waals surface area contributed by atoms with Crippen molar-refractivity contribution in [2.75, 3.05) is 23.3 Å². The minimum absolute atomic E-state index is 0.148. The Balaban J connectivity index is 1.74. The van der Waals surface area contributed by atoms with Gasteiger partial charge in [-0.25, -0.2) is 0 Å². The van der Waals surface area contributed by atoms with E-state index < -0.39 is 0 Å². The lowest BCUT2D eigenvalue weighted by Crippen LogP contribution is -2.26. The van der Waals surface area contributed by atoms with E-state index in [1.54, 1.807) is 6.07 Å². The zero-order chi connectivity index (χ0) is 15.5. The third kappa shape index (κ3) is 3.22. The predicted octanol–water partition coefficient (Wildman–Crippen LogP) is 4.05. The fourth-order valence-corrected chi connectivity index (χ4v) is 3.13. The fourth-order valence-electron chi connectivity index (χ4n) is 2.78. The molecule has 0 saturated carbocycles. The number of rotatable bonds is 4. The molecule has 0 radical (unpaired) electrons. The van der Waals surface area contributed by atoms with Gasteiger partial charge in [-0.3, -0.25) is 10.1 Å². The number of nitrogens with one attached hydrogen (secondary N) is 1. The molecule has 1 unspecified atom stereocenters. The maximum Gasteiger partial charge on any atom is 0.293 e. The monoisotopic (exact) mass is 361 g/mol. The van der Waals surface area contributed by atoms with Crippen molar-refractivity contribution in [3.05, 3.63) is 63.1 Å². The van der Waals surface area contributed by atoms with Crippen LogP contribution in [0.1, 0.15) is 6.42 Å². The van der Waals surface area contributed by atoms with Crippen LogP contribution in [0.4, 0.5) is 17.1 Å². The third-order valence-corrected chi connectivity index (χ3v) is 4.30. The Labute approximate surface area is 137 Å². The number of nitro groups is 1. The van der Waals surface area contributed by atoms with Gasteiger partial charge in [0.2, 0.25) is 0 Å². The van der Waals surface area contributed by atoms with Gasteiger partial charge in [0.25, 0.3) is 5.69 Å². The summed E-state index contributed by atoms with van der Waals surface area (Å²) < 4.78 is 0.723. The van der Waals surface area contributed by atoms with E-state index in [1.165, 1.54) is 0 Å². The molecule has 6 heteroatoms. The van der Waals surface area contributed by atoms with Crippen molar-refractivity contribution < 1.29 is 4.92 Å². The van der Waals surface area contributed by atoms with Crippen LogP contribution in [0.25, 0.3) is 0 Å². The molecule has 1 aliphatic heterocycles. The Bertz CT molecular complexity index is 678. The first kappa shape index (κ1) is 14.8. The number of nitro benzene ring substituents is 1. The van der Waals surface area contributed by atoms with Gasteiger partial charge < -0.3 is 10.2 Å². The molecule has 0 amide bonds. The molecular formula is C16H16BrN3O2. The second-order valence-electron chi connectivity index (χ2n) is 5.33. The van der Waals surface area contributed by atoms with Gasteiger partial charge in [0, 0.05) is 35.4 Å². The number of para-hydroxylation sites is 1. The lowest BCUT2D eigenvalue weighted by molar-refractivity contribution is -0.384. The van der Waals surface area contributed by atoms with Crippen molar-refractivity contribution in [3.8, 4) is 0 Å². The molecule has 22 heavy (non-hydrogen) atoms. The van der Waals surface area contributed by atoms with Crippen LogP contribution in [0.15, 0.2) is 53.0 Å². The van der Waals surface area contributed by atoms with Gasteiger partial charge in [-0.05, 0) is 30.7 Å². The van der Waals surface area contributed by atoms with Gasteiger partial charge in [0.15, 0.2) is 0 Å². The van der Waals surface area contributed by atoms with Crippen LogP contribution in [-0.2, 0) is 0 Å². The molecule has 0 bridgehead atoms. The minimum Gasteiger partial charge on any atom is -0.380 e. The zero-order valence-electron chi connectivity index (χ0n) is 11.9. The summed E-state index contributed by atoms with van der Waals surface area (Å²) in [5.74, 6) is 0. The summed E-state index contributed by atoms with van der Waals surface area (Å²) >= 11 is 3.29. The highest BCUT2D eigenvalue weighted by Gasteiger charge is 2.27. The first-order valence-electron chi connectivity index (χ1n) is 7.14. The lowest BCUT2D eigenvalue weighted by atomic mass is 10.2. The summed E-state index contributed by atoms with van der Waals surface area (Å²) in [5.41, 5.74) is 1.92. The van der Waals surface area contributed by atoms with Gasteiger partial charge in [-0.15, -0.1) is 0 Å². The quantitative estimate of drug-likeness (QED) is 0.659. The minimum atomic E-state index is -0.321. The number of halogens is 1. The van der Waals surface area contributed by atoms with E-state index in [1.807, 2.05) is 42.5 Å². The topological polar surface area (TPSA) is 58.4 Å². The molecule has 2 aromatic carbocycles. The standard InChI is InChI=1S/C16H16BrN3O2/c17-12-6-7-15(16(10-12)20(21)22)19-9-8-14(11-19)18-13-4-2-1-3-5-13/h1-7,10,14,18H,8-9,11H2. The SMILES string of the molecule is O=[N+]([O-])c1cc(Br)ccc1N1CCC(Nc2ccccc2)C1. The summed E-state index contributed by atoms with van der Waals surface area (Å²) in [7, 11) is 0. The molecule has 0 aliphatic carbocycles. The Morgan fingerprint density at radius 2 is 2.00 bits per heavy atom. The van der Waals surface area contributed by atoms with E-state index in [-0.39, 0.29) is 10.6 Å². The highest BCUT2D eigenvalue weighted by Crippen LogP contribution is 2.33. The highest BCUT2D eigenvalue weighted by molar-refractivity contribution is 9.10. The van der Waals surface area contributed by atoms with Crippen molar-refractivity contribution in [3.63, 3.8) is 0 Å². The summed E-state index contributed by atoms with van der Waals surface area (Å²) in [6, 6.07) is 15.6. The van der Waals surface area contributed by atoms with Gasteiger partial charge in [-0.2, -0.15) is 0 Å². The maximum absolute atomic E-state index is 11.2. The normalized spacial score (nSPS) is 17.5. The number of hydrogen-bond acceptors (Lipinski definition) is 4. The van der Waals surface area contributed by atoms with E-state index in [0.717, 1.165) is 29.7 Å². The first-order valence-corrected chi connectivity index (χ1v) is 7.93. The van der Waals surface area contributed by atoms with Gasteiger partial charge in [0.05, 0.1) is 4.92 Å². The molecule has 1 aliphatic rings. The molecule has 0 aromatic heterocycles. The first-order chi connectivity index (χ1) is 10.6. The number of hydrogen-bond donors (Lipinski definition) is 1. The summed E-state index contributed by atoms with van der Waals surface area (Å²) in [4.78, 5) is 13.0. The Hall–Kier alpha value is -2.08. The van der Waals surface area contributed by atoms with Crippen molar-refractivity contribution >= 4 is 33.0 Å². The van der Waals surface area contributed by atoms with E-state index in [0.29, 0.717) is 11.7 Å². The van der Waals surface area contributed by atoms with Crippen LogP contribution < -0.4 is 10.2 Å².